The number of aromatic hydroxyl groups is 1. The molecule has 0 radical (unpaired) electrons. The summed E-state index contributed by atoms with van der Waals surface area (Å²) in [7, 11) is 0. The predicted octanol–water partition coefficient (Wildman–Crippen LogP) is 6.25. The van der Waals surface area contributed by atoms with Gasteiger partial charge in [-0.05, 0) is 49.1 Å². The normalized spacial score (nSPS) is 11.4. The molecule has 2 aromatic rings. The van der Waals surface area contributed by atoms with Gasteiger partial charge in [0.05, 0.1) is 23.8 Å². The van der Waals surface area contributed by atoms with E-state index in [4.69, 9.17) is 26.3 Å². The van der Waals surface area contributed by atoms with Crippen LogP contribution in [0.2, 0.25) is 5.02 Å². The van der Waals surface area contributed by atoms with Gasteiger partial charge in [-0.15, -0.1) is 11.8 Å². The highest BCUT2D eigenvalue weighted by Gasteiger charge is 2.18. The zero-order valence-corrected chi connectivity index (χ0v) is 21.9. The molecule has 0 aliphatic carbocycles. The Morgan fingerprint density at radius 1 is 1.14 bits per heavy atom. The molecular weight excluding hydrogens is 490 g/mol. The first-order valence-corrected chi connectivity index (χ1v) is 13.0. The number of phenols is 1. The minimum Gasteiger partial charge on any atom is -0.507 e. The van der Waals surface area contributed by atoms with Crippen molar-refractivity contribution < 1.29 is 29.4 Å². The van der Waals surface area contributed by atoms with Gasteiger partial charge in [0.25, 0.3) is 0 Å². The minimum absolute atomic E-state index is 0.0558. The number of nitrogens with zero attached hydrogens (tertiary/aromatic N) is 1. The van der Waals surface area contributed by atoms with Crippen molar-refractivity contribution in [2.24, 2.45) is 5.16 Å². The van der Waals surface area contributed by atoms with Crippen molar-refractivity contribution >= 4 is 41.0 Å². The minimum atomic E-state index is -0.890. The third kappa shape index (κ3) is 9.11. The summed E-state index contributed by atoms with van der Waals surface area (Å²) in [6, 6.07) is 8.87. The maximum absolute atomic E-state index is 11.2. The number of rotatable bonds is 14. The van der Waals surface area contributed by atoms with Crippen LogP contribution in [0.15, 0.2) is 40.4 Å². The van der Waals surface area contributed by atoms with Gasteiger partial charge >= 0.3 is 11.9 Å². The van der Waals surface area contributed by atoms with E-state index in [1.165, 1.54) is 6.92 Å². The lowest BCUT2D eigenvalue weighted by Crippen LogP contribution is -2.07. The molecular formula is C26H32ClNO6S. The Morgan fingerprint density at radius 2 is 1.91 bits per heavy atom. The molecule has 0 unspecified atom stereocenters. The molecule has 9 heteroatoms. The number of hydrogen-bond acceptors (Lipinski definition) is 7. The number of oxime groups is 1. The fourth-order valence-electron chi connectivity index (χ4n) is 3.43. The Labute approximate surface area is 215 Å². The number of ether oxygens (including phenoxy) is 1. The first-order valence-electron chi connectivity index (χ1n) is 11.6. The van der Waals surface area contributed by atoms with Gasteiger partial charge in [-0.2, -0.15) is 0 Å². The quantitative estimate of drug-likeness (QED) is 0.0994. The molecule has 0 aromatic heterocycles. The molecule has 0 aliphatic heterocycles. The van der Waals surface area contributed by atoms with Gasteiger partial charge in [0.15, 0.2) is 0 Å². The van der Waals surface area contributed by atoms with Crippen LogP contribution in [0.5, 0.6) is 11.5 Å². The molecule has 190 valence electrons. The number of benzene rings is 2. The summed E-state index contributed by atoms with van der Waals surface area (Å²) in [6.45, 7) is 5.76. The summed E-state index contributed by atoms with van der Waals surface area (Å²) >= 11 is 7.87. The number of thioether (sulfide) groups is 1. The number of halogens is 1. The second-order valence-electron chi connectivity index (χ2n) is 7.95. The second-order valence-corrected chi connectivity index (χ2v) is 9.49. The van der Waals surface area contributed by atoms with Gasteiger partial charge in [0.2, 0.25) is 0 Å². The van der Waals surface area contributed by atoms with Crippen molar-refractivity contribution in [2.45, 2.75) is 64.2 Å². The largest absolute Gasteiger partial charge is 0.507 e. The van der Waals surface area contributed by atoms with E-state index in [-0.39, 0.29) is 12.2 Å². The summed E-state index contributed by atoms with van der Waals surface area (Å²) in [4.78, 5) is 27.7. The molecule has 35 heavy (non-hydrogen) atoms. The molecule has 2 rings (SSSR count). The van der Waals surface area contributed by atoms with Crippen LogP contribution < -0.4 is 4.74 Å². The molecule has 0 fully saturated rings. The molecule has 0 amide bonds. The van der Waals surface area contributed by atoms with E-state index in [0.717, 1.165) is 29.9 Å². The molecule has 0 bridgehead atoms. The maximum Gasteiger partial charge on any atom is 0.331 e. The summed E-state index contributed by atoms with van der Waals surface area (Å²) in [5.41, 5.74) is 2.44. The summed E-state index contributed by atoms with van der Waals surface area (Å²) < 4.78 is 6.00. The SMILES string of the molecule is CCCC(=NOC(C)=O)c1ccc(OCCCSc2ccc(CC(=O)O)cc2Cl)c(CCC)c1O. The summed E-state index contributed by atoms with van der Waals surface area (Å²) in [5, 5.41) is 24.3. The first kappa shape index (κ1) is 28.5. The fourth-order valence-corrected chi connectivity index (χ4v) is 4.64. The Hall–Kier alpha value is -2.71. The van der Waals surface area contributed by atoms with Crippen molar-refractivity contribution in [3.8, 4) is 11.5 Å². The van der Waals surface area contributed by atoms with Crippen molar-refractivity contribution in [1.82, 2.24) is 0 Å². The molecule has 0 aliphatic rings. The average molecular weight is 522 g/mol. The van der Waals surface area contributed by atoms with Crippen LogP contribution >= 0.6 is 23.4 Å². The van der Waals surface area contributed by atoms with Crippen LogP contribution in [0, 0.1) is 0 Å². The molecule has 2 N–H and O–H groups in total. The number of carboxylic acid groups (broad SMARTS) is 1. The van der Waals surface area contributed by atoms with Crippen LogP contribution in [-0.4, -0.2) is 40.2 Å². The van der Waals surface area contributed by atoms with Gasteiger partial charge in [-0.1, -0.05) is 49.5 Å². The van der Waals surface area contributed by atoms with Crippen molar-refractivity contribution in [3.63, 3.8) is 0 Å². The standard InChI is InChI=1S/C26H32ClNO6S/c1-4-7-20-23(11-10-19(26(20)32)22(8-5-2)28-34-17(3)29)33-13-6-14-35-24-12-9-18(15-21(24)27)16-25(30)31/h9-12,15,32H,4-8,13-14,16H2,1-3H3,(H,30,31). The maximum atomic E-state index is 11.2. The van der Waals surface area contributed by atoms with E-state index in [1.54, 1.807) is 30.0 Å². The molecule has 0 heterocycles. The number of carbonyl (C=O) groups excluding carboxylic acids is 1. The van der Waals surface area contributed by atoms with E-state index in [9.17, 15) is 14.7 Å². The smallest absolute Gasteiger partial charge is 0.331 e. The van der Waals surface area contributed by atoms with Gasteiger partial charge in [0, 0.05) is 28.7 Å². The number of carbonyl (C=O) groups is 2. The Bertz CT molecular complexity index is 1060. The van der Waals surface area contributed by atoms with E-state index in [1.807, 2.05) is 26.0 Å². The number of hydrogen-bond donors (Lipinski definition) is 2. The monoisotopic (exact) mass is 521 g/mol. The third-order valence-corrected chi connectivity index (χ3v) is 6.56. The predicted molar refractivity (Wildman–Crippen MR) is 139 cm³/mol. The molecule has 0 spiro atoms. The second kappa shape index (κ2) is 14.6. The molecule has 0 saturated heterocycles. The van der Waals surface area contributed by atoms with E-state index in [0.29, 0.717) is 52.6 Å². The van der Waals surface area contributed by atoms with Crippen LogP contribution in [0.3, 0.4) is 0 Å². The van der Waals surface area contributed by atoms with E-state index in [2.05, 4.69) is 5.16 Å². The van der Waals surface area contributed by atoms with Crippen LogP contribution in [0.1, 0.15) is 63.1 Å². The number of phenolic OH excluding ortho intramolecular Hbond substituents is 1. The van der Waals surface area contributed by atoms with Crippen LogP contribution in [0.4, 0.5) is 0 Å². The average Bonchev–Trinajstić information content (AvgIpc) is 2.79. The fraction of sp³-hybridized carbons (Fsp3) is 0.423. The number of aliphatic carboxylic acids is 1. The highest BCUT2D eigenvalue weighted by atomic mass is 35.5. The van der Waals surface area contributed by atoms with Crippen molar-refractivity contribution in [3.05, 3.63) is 52.0 Å². The highest BCUT2D eigenvalue weighted by Crippen LogP contribution is 2.34. The third-order valence-electron chi connectivity index (χ3n) is 4.98. The lowest BCUT2D eigenvalue weighted by molar-refractivity contribution is -0.141. The summed E-state index contributed by atoms with van der Waals surface area (Å²) in [6.07, 6.45) is 3.49. The van der Waals surface area contributed by atoms with Gasteiger partial charge in [0.1, 0.15) is 11.5 Å². The Kier molecular flexibility index (Phi) is 11.9. The van der Waals surface area contributed by atoms with Gasteiger partial charge in [-0.3, -0.25) is 4.79 Å². The zero-order valence-electron chi connectivity index (χ0n) is 20.3. The van der Waals surface area contributed by atoms with E-state index >= 15 is 0 Å². The number of carboxylic acids is 1. The molecule has 2 aromatic carbocycles. The zero-order chi connectivity index (χ0) is 25.8. The first-order chi connectivity index (χ1) is 16.8. The summed E-state index contributed by atoms with van der Waals surface area (Å²) in [5.74, 6) is 0.0883. The van der Waals surface area contributed by atoms with Crippen LogP contribution in [-0.2, 0) is 27.3 Å². The van der Waals surface area contributed by atoms with Crippen molar-refractivity contribution in [1.29, 1.82) is 0 Å². The van der Waals surface area contributed by atoms with Gasteiger partial charge in [-0.25, -0.2) is 4.79 Å². The Balaban J connectivity index is 2.02. The lowest BCUT2D eigenvalue weighted by atomic mass is 9.98. The van der Waals surface area contributed by atoms with Crippen molar-refractivity contribution in [2.75, 3.05) is 12.4 Å². The lowest BCUT2D eigenvalue weighted by Gasteiger charge is -2.16. The molecule has 7 nitrogen and oxygen atoms in total. The Morgan fingerprint density at radius 3 is 2.54 bits per heavy atom. The van der Waals surface area contributed by atoms with E-state index < -0.39 is 11.9 Å². The van der Waals surface area contributed by atoms with Gasteiger partial charge < -0.3 is 19.8 Å². The topological polar surface area (TPSA) is 105 Å². The highest BCUT2D eigenvalue weighted by molar-refractivity contribution is 7.99. The molecule has 0 atom stereocenters. The van der Waals surface area contributed by atoms with Crippen LogP contribution in [0.25, 0.3) is 0 Å². The molecule has 0 saturated carbocycles.